The predicted molar refractivity (Wildman–Crippen MR) is 119 cm³/mol. The number of nitrogens with one attached hydrogen (secondary N) is 2. The van der Waals surface area contributed by atoms with E-state index in [1.165, 1.54) is 58.0 Å². The molecular weight excluding hydrogens is 364 g/mol. The van der Waals surface area contributed by atoms with Crippen molar-refractivity contribution in [3.05, 3.63) is 23.8 Å². The van der Waals surface area contributed by atoms with Gasteiger partial charge in [-0.05, 0) is 56.7 Å². The van der Waals surface area contributed by atoms with Crippen LogP contribution in [-0.2, 0) is 6.42 Å². The molecule has 1 aromatic rings. The van der Waals surface area contributed by atoms with Gasteiger partial charge in [-0.2, -0.15) is 0 Å². The monoisotopic (exact) mass is 402 g/mol. The molecule has 0 spiro atoms. The summed E-state index contributed by atoms with van der Waals surface area (Å²) in [5.74, 6) is 1.60. The first-order valence-electron chi connectivity index (χ1n) is 11.3. The molecule has 6 heteroatoms. The van der Waals surface area contributed by atoms with Crippen molar-refractivity contribution in [1.29, 1.82) is 0 Å². The van der Waals surface area contributed by atoms with Gasteiger partial charge in [-0.1, -0.05) is 25.3 Å². The molecule has 0 aromatic heterocycles. The lowest BCUT2D eigenvalue weighted by atomic mass is 9.92. The molecule has 0 unspecified atom stereocenters. The highest BCUT2D eigenvalue weighted by Crippen LogP contribution is 2.27. The topological polar surface area (TPSA) is 69.1 Å². The summed E-state index contributed by atoms with van der Waals surface area (Å²) >= 11 is 0. The van der Waals surface area contributed by atoms with E-state index in [2.05, 4.69) is 22.5 Å². The number of aromatic hydroxyl groups is 1. The number of phenols is 1. The molecule has 1 aliphatic carbocycles. The molecule has 3 N–H and O–H groups in total. The number of guanidine groups is 1. The van der Waals surface area contributed by atoms with Crippen LogP contribution in [0.5, 0.6) is 11.5 Å². The highest BCUT2D eigenvalue weighted by molar-refractivity contribution is 5.80. The van der Waals surface area contributed by atoms with Crippen LogP contribution in [0.15, 0.2) is 23.2 Å². The van der Waals surface area contributed by atoms with E-state index in [-0.39, 0.29) is 5.75 Å². The Labute approximate surface area is 175 Å². The Morgan fingerprint density at radius 2 is 1.93 bits per heavy atom. The maximum atomic E-state index is 9.73. The molecule has 1 aromatic carbocycles. The van der Waals surface area contributed by atoms with Gasteiger partial charge in [0.05, 0.1) is 7.11 Å². The Morgan fingerprint density at radius 3 is 2.62 bits per heavy atom. The van der Waals surface area contributed by atoms with Crippen LogP contribution in [0.4, 0.5) is 0 Å². The average molecular weight is 403 g/mol. The SMILES string of the molecule is CCNC(=NCCc1ccc(O)c(OC)c1)NC1CCN(C2CCCCC2)CC1. The van der Waals surface area contributed by atoms with Crippen molar-refractivity contribution in [2.45, 2.75) is 70.4 Å². The zero-order chi connectivity index (χ0) is 20.5. The molecular formula is C23H38N4O2. The number of aliphatic imine (C=N–C) groups is 1. The number of hydrogen-bond donors (Lipinski definition) is 3. The van der Waals surface area contributed by atoms with E-state index in [1.54, 1.807) is 13.2 Å². The van der Waals surface area contributed by atoms with Crippen molar-refractivity contribution in [3.63, 3.8) is 0 Å². The number of hydrogen-bond acceptors (Lipinski definition) is 4. The second-order valence-electron chi connectivity index (χ2n) is 8.26. The van der Waals surface area contributed by atoms with Crippen molar-refractivity contribution < 1.29 is 9.84 Å². The van der Waals surface area contributed by atoms with Gasteiger partial charge in [0.1, 0.15) is 0 Å². The molecule has 1 saturated heterocycles. The summed E-state index contributed by atoms with van der Waals surface area (Å²) in [5.41, 5.74) is 1.11. The fourth-order valence-electron chi connectivity index (χ4n) is 4.54. The van der Waals surface area contributed by atoms with Gasteiger partial charge < -0.3 is 25.4 Å². The van der Waals surface area contributed by atoms with E-state index in [4.69, 9.17) is 9.73 Å². The second-order valence-corrected chi connectivity index (χ2v) is 8.26. The van der Waals surface area contributed by atoms with Crippen LogP contribution in [-0.4, -0.2) is 61.3 Å². The van der Waals surface area contributed by atoms with E-state index < -0.39 is 0 Å². The van der Waals surface area contributed by atoms with Gasteiger partial charge in [-0.25, -0.2) is 0 Å². The Bertz CT molecular complexity index is 650. The van der Waals surface area contributed by atoms with Crippen LogP contribution in [0, 0.1) is 0 Å². The Hall–Kier alpha value is -1.95. The van der Waals surface area contributed by atoms with Gasteiger partial charge in [-0.15, -0.1) is 0 Å². The summed E-state index contributed by atoms with van der Waals surface area (Å²) in [6, 6.07) is 6.82. The van der Waals surface area contributed by atoms with Crippen molar-refractivity contribution in [2.75, 3.05) is 33.3 Å². The molecule has 1 saturated carbocycles. The largest absolute Gasteiger partial charge is 0.504 e. The molecule has 1 aliphatic heterocycles. The molecule has 162 valence electrons. The van der Waals surface area contributed by atoms with Crippen LogP contribution in [0.1, 0.15) is 57.4 Å². The number of nitrogens with zero attached hydrogens (tertiary/aromatic N) is 2. The third kappa shape index (κ3) is 6.53. The highest BCUT2D eigenvalue weighted by Gasteiger charge is 2.26. The third-order valence-electron chi connectivity index (χ3n) is 6.22. The van der Waals surface area contributed by atoms with Crippen molar-refractivity contribution in [1.82, 2.24) is 15.5 Å². The third-order valence-corrected chi connectivity index (χ3v) is 6.22. The zero-order valence-corrected chi connectivity index (χ0v) is 18.1. The number of ether oxygens (including phenoxy) is 1. The summed E-state index contributed by atoms with van der Waals surface area (Å²) in [7, 11) is 1.57. The minimum absolute atomic E-state index is 0.175. The fraction of sp³-hybridized carbons (Fsp3) is 0.696. The van der Waals surface area contributed by atoms with E-state index >= 15 is 0 Å². The second kappa shape index (κ2) is 11.3. The lowest BCUT2D eigenvalue weighted by Gasteiger charge is -2.39. The van der Waals surface area contributed by atoms with Crippen molar-refractivity contribution >= 4 is 5.96 Å². The molecule has 6 nitrogen and oxygen atoms in total. The summed E-state index contributed by atoms with van der Waals surface area (Å²) in [4.78, 5) is 7.49. The quantitative estimate of drug-likeness (QED) is 0.482. The van der Waals surface area contributed by atoms with Gasteiger partial charge in [0.25, 0.3) is 0 Å². The van der Waals surface area contributed by atoms with Gasteiger partial charge in [-0.3, -0.25) is 4.99 Å². The Balaban J connectivity index is 1.47. The lowest BCUT2D eigenvalue weighted by molar-refractivity contribution is 0.119. The van der Waals surface area contributed by atoms with Gasteiger partial charge in [0.15, 0.2) is 17.5 Å². The summed E-state index contributed by atoms with van der Waals surface area (Å²) < 4.78 is 5.19. The normalized spacial score (nSPS) is 19.9. The number of methoxy groups -OCH3 is 1. The van der Waals surface area contributed by atoms with E-state index in [1.807, 2.05) is 12.1 Å². The minimum atomic E-state index is 0.175. The van der Waals surface area contributed by atoms with Gasteiger partial charge in [0, 0.05) is 38.3 Å². The lowest BCUT2D eigenvalue weighted by Crippen LogP contribution is -2.51. The average Bonchev–Trinajstić information content (AvgIpc) is 2.76. The smallest absolute Gasteiger partial charge is 0.191 e. The summed E-state index contributed by atoms with van der Waals surface area (Å²) in [6.45, 7) is 6.07. The summed E-state index contributed by atoms with van der Waals surface area (Å²) in [5, 5.41) is 16.8. The molecule has 0 radical (unpaired) electrons. The maximum absolute atomic E-state index is 9.73. The van der Waals surface area contributed by atoms with E-state index in [9.17, 15) is 5.11 Å². The van der Waals surface area contributed by atoms with E-state index in [0.717, 1.165) is 30.5 Å². The highest BCUT2D eigenvalue weighted by atomic mass is 16.5. The standard InChI is InChI=1S/C23H38N4O2/c1-3-24-23(25-14-11-18-9-10-21(28)22(17-18)29-2)26-19-12-15-27(16-13-19)20-7-5-4-6-8-20/h9-10,17,19-20,28H,3-8,11-16H2,1-2H3,(H2,24,25,26). The molecule has 3 rings (SSSR count). The Kier molecular flexibility index (Phi) is 8.47. The molecule has 0 atom stereocenters. The van der Waals surface area contributed by atoms with Crippen LogP contribution < -0.4 is 15.4 Å². The molecule has 29 heavy (non-hydrogen) atoms. The number of benzene rings is 1. The minimum Gasteiger partial charge on any atom is -0.504 e. The first kappa shape index (κ1) is 21.8. The van der Waals surface area contributed by atoms with Crippen LogP contribution >= 0.6 is 0 Å². The maximum Gasteiger partial charge on any atom is 0.191 e. The fourth-order valence-corrected chi connectivity index (χ4v) is 4.54. The van der Waals surface area contributed by atoms with Crippen LogP contribution in [0.25, 0.3) is 0 Å². The van der Waals surface area contributed by atoms with Crippen molar-refractivity contribution in [2.24, 2.45) is 4.99 Å². The predicted octanol–water partition coefficient (Wildman–Crippen LogP) is 3.30. The van der Waals surface area contributed by atoms with Crippen LogP contribution in [0.2, 0.25) is 0 Å². The number of piperidine rings is 1. The molecule has 1 heterocycles. The first-order valence-corrected chi connectivity index (χ1v) is 11.3. The summed E-state index contributed by atoms with van der Waals surface area (Å²) in [6.07, 6.45) is 10.2. The molecule has 0 amide bonds. The van der Waals surface area contributed by atoms with Crippen LogP contribution in [0.3, 0.4) is 0 Å². The molecule has 2 fully saturated rings. The van der Waals surface area contributed by atoms with E-state index in [0.29, 0.717) is 18.3 Å². The zero-order valence-electron chi connectivity index (χ0n) is 18.1. The van der Waals surface area contributed by atoms with Crippen molar-refractivity contribution in [3.8, 4) is 11.5 Å². The number of rotatable bonds is 7. The first-order chi connectivity index (χ1) is 14.2. The van der Waals surface area contributed by atoms with Gasteiger partial charge >= 0.3 is 0 Å². The van der Waals surface area contributed by atoms with Gasteiger partial charge in [0.2, 0.25) is 0 Å². The molecule has 2 aliphatic rings. The number of phenolic OH excluding ortho intramolecular Hbond substituents is 1. The Morgan fingerprint density at radius 1 is 1.17 bits per heavy atom. The number of likely N-dealkylation sites (tertiary alicyclic amines) is 1. The molecule has 0 bridgehead atoms.